The van der Waals surface area contributed by atoms with E-state index >= 15 is 0 Å². The predicted molar refractivity (Wildman–Crippen MR) is 107 cm³/mol. The van der Waals surface area contributed by atoms with Gasteiger partial charge in [-0.15, -0.1) is 0 Å². The van der Waals surface area contributed by atoms with Crippen molar-refractivity contribution in [1.29, 1.82) is 0 Å². The quantitative estimate of drug-likeness (QED) is 0.283. The Bertz CT molecular complexity index is 906. The first-order chi connectivity index (χ1) is 14.9. The van der Waals surface area contributed by atoms with E-state index in [4.69, 9.17) is 14.2 Å². The Hall–Kier alpha value is -3.24. The number of hydrogen-bond acceptors (Lipinski definition) is 9. The minimum Gasteiger partial charge on any atom is -0.508 e. The van der Waals surface area contributed by atoms with Gasteiger partial charge in [-0.05, 0) is 48.0 Å². The molecule has 1 fully saturated rings. The van der Waals surface area contributed by atoms with Gasteiger partial charge in [0.25, 0.3) is 0 Å². The molecule has 1 heterocycles. The Morgan fingerprint density at radius 3 is 2.26 bits per heavy atom. The fourth-order valence-corrected chi connectivity index (χ4v) is 2.98. The Morgan fingerprint density at radius 1 is 1.00 bits per heavy atom. The van der Waals surface area contributed by atoms with Gasteiger partial charge in [0.15, 0.2) is 6.10 Å². The zero-order chi connectivity index (χ0) is 22.4. The molecule has 2 aromatic rings. The van der Waals surface area contributed by atoms with Crippen LogP contribution in [0.15, 0.2) is 54.6 Å². The maximum absolute atomic E-state index is 12.2. The molecule has 2 aromatic carbocycles. The molecule has 0 saturated carbocycles. The lowest BCUT2D eigenvalue weighted by Gasteiger charge is -2.41. The molecule has 5 atom stereocenters. The van der Waals surface area contributed by atoms with Crippen molar-refractivity contribution >= 4 is 18.3 Å². The van der Waals surface area contributed by atoms with Gasteiger partial charge in [0.1, 0.15) is 36.1 Å². The molecule has 1 aliphatic rings. The Balaban J connectivity index is 1.64. The Morgan fingerprint density at radius 2 is 1.65 bits per heavy atom. The highest BCUT2D eigenvalue weighted by Gasteiger charge is 2.47. The Labute approximate surface area is 177 Å². The smallest absolute Gasteiger partial charge is 0.331 e. The molecule has 9 nitrogen and oxygen atoms in total. The number of aromatic hydroxyl groups is 1. The maximum atomic E-state index is 12.2. The molecular formula is C22H22O9. The van der Waals surface area contributed by atoms with Crippen LogP contribution in [0, 0.1) is 0 Å². The van der Waals surface area contributed by atoms with Crippen molar-refractivity contribution in [3.05, 3.63) is 65.7 Å². The van der Waals surface area contributed by atoms with Gasteiger partial charge in [0.05, 0.1) is 6.61 Å². The number of aliphatic hydroxyl groups is 3. The molecule has 0 spiro atoms. The van der Waals surface area contributed by atoms with Crippen molar-refractivity contribution in [2.45, 2.75) is 30.7 Å². The van der Waals surface area contributed by atoms with E-state index < -0.39 is 43.3 Å². The first-order valence-electron chi connectivity index (χ1n) is 9.43. The summed E-state index contributed by atoms with van der Waals surface area (Å²) in [5.41, 5.74) is 1.06. The van der Waals surface area contributed by atoms with E-state index in [0.29, 0.717) is 17.4 Å². The number of carbonyl (C=O) groups excluding carboxylic acids is 2. The summed E-state index contributed by atoms with van der Waals surface area (Å²) in [7, 11) is 0. The number of hydrogen-bond donors (Lipinski definition) is 4. The Kier molecular flexibility index (Phi) is 7.37. The van der Waals surface area contributed by atoms with Crippen LogP contribution < -0.4 is 4.74 Å². The van der Waals surface area contributed by atoms with Crippen molar-refractivity contribution in [1.82, 2.24) is 0 Å². The van der Waals surface area contributed by atoms with Crippen LogP contribution in [0.5, 0.6) is 11.5 Å². The first kappa shape index (κ1) is 22.4. The van der Waals surface area contributed by atoms with Crippen LogP contribution in [-0.2, 0) is 14.3 Å². The summed E-state index contributed by atoms with van der Waals surface area (Å²) in [6.07, 6.45) is -3.77. The molecule has 9 heteroatoms. The number of aliphatic hydroxyl groups excluding tert-OH is 3. The number of phenolic OH excluding ortho intramolecular Hbond substituents is 1. The lowest BCUT2D eigenvalue weighted by molar-refractivity contribution is -0.280. The van der Waals surface area contributed by atoms with Crippen LogP contribution in [0.3, 0.4) is 0 Å². The molecule has 164 valence electrons. The zero-order valence-electron chi connectivity index (χ0n) is 16.3. The second-order valence-corrected chi connectivity index (χ2v) is 6.84. The molecule has 1 aliphatic heterocycles. The van der Waals surface area contributed by atoms with Crippen LogP contribution in [0.25, 0.3) is 6.08 Å². The standard InChI is InChI=1S/C22H22O9/c23-11-14-3-8-16(9-4-14)29-22-20(28)19(27)21(17(12-24)30-22)31-18(26)10-5-13-1-6-15(25)7-2-13/h1-11,17,19-22,24-25,27-28H,12H2/t17-,19-,20-,21-,22+/m1/s1. The van der Waals surface area contributed by atoms with Crippen LogP contribution in [0.1, 0.15) is 15.9 Å². The first-order valence-corrected chi connectivity index (χ1v) is 9.43. The van der Waals surface area contributed by atoms with Gasteiger partial charge in [0, 0.05) is 11.6 Å². The highest BCUT2D eigenvalue weighted by molar-refractivity contribution is 5.87. The van der Waals surface area contributed by atoms with E-state index in [0.717, 1.165) is 6.08 Å². The third-order valence-electron chi connectivity index (χ3n) is 4.65. The van der Waals surface area contributed by atoms with Crippen LogP contribution in [0.4, 0.5) is 0 Å². The average Bonchev–Trinajstić information content (AvgIpc) is 2.79. The molecule has 31 heavy (non-hydrogen) atoms. The van der Waals surface area contributed by atoms with Gasteiger partial charge >= 0.3 is 5.97 Å². The highest BCUT2D eigenvalue weighted by atomic mass is 16.7. The fraction of sp³-hybridized carbons (Fsp3) is 0.273. The van der Waals surface area contributed by atoms with E-state index in [-0.39, 0.29) is 11.5 Å². The monoisotopic (exact) mass is 430 g/mol. The van der Waals surface area contributed by atoms with E-state index in [2.05, 4.69) is 0 Å². The fourth-order valence-electron chi connectivity index (χ4n) is 2.98. The summed E-state index contributed by atoms with van der Waals surface area (Å²) in [6, 6.07) is 12.1. The maximum Gasteiger partial charge on any atom is 0.331 e. The lowest BCUT2D eigenvalue weighted by atomic mass is 9.99. The average molecular weight is 430 g/mol. The minimum atomic E-state index is -1.59. The molecular weight excluding hydrogens is 408 g/mol. The van der Waals surface area contributed by atoms with E-state index in [1.165, 1.54) is 42.5 Å². The summed E-state index contributed by atoms with van der Waals surface area (Å²) in [6.45, 7) is -0.604. The third kappa shape index (κ3) is 5.68. The van der Waals surface area contributed by atoms with E-state index in [1.54, 1.807) is 12.1 Å². The number of carbonyl (C=O) groups is 2. The summed E-state index contributed by atoms with van der Waals surface area (Å²) < 4.78 is 16.2. The summed E-state index contributed by atoms with van der Waals surface area (Å²) in [5.74, 6) is -0.473. The second kappa shape index (κ2) is 10.2. The number of aldehydes is 1. The van der Waals surface area contributed by atoms with Crippen LogP contribution in [-0.4, -0.2) is 70.0 Å². The molecule has 3 rings (SSSR count). The largest absolute Gasteiger partial charge is 0.508 e. The topological polar surface area (TPSA) is 143 Å². The summed E-state index contributed by atoms with van der Waals surface area (Å²) >= 11 is 0. The number of benzene rings is 2. The summed E-state index contributed by atoms with van der Waals surface area (Å²) in [4.78, 5) is 22.9. The highest BCUT2D eigenvalue weighted by Crippen LogP contribution is 2.26. The number of rotatable bonds is 7. The van der Waals surface area contributed by atoms with Crippen molar-refractivity contribution in [2.24, 2.45) is 0 Å². The summed E-state index contributed by atoms with van der Waals surface area (Å²) in [5, 5.41) is 39.7. The van der Waals surface area contributed by atoms with Crippen molar-refractivity contribution < 1.29 is 44.2 Å². The van der Waals surface area contributed by atoms with Gasteiger partial charge in [-0.2, -0.15) is 0 Å². The van der Waals surface area contributed by atoms with Crippen LogP contribution in [0.2, 0.25) is 0 Å². The number of ether oxygens (including phenoxy) is 3. The van der Waals surface area contributed by atoms with Gasteiger partial charge in [-0.3, -0.25) is 4.79 Å². The molecule has 0 aliphatic carbocycles. The number of esters is 1. The van der Waals surface area contributed by atoms with Gasteiger partial charge in [-0.25, -0.2) is 4.79 Å². The van der Waals surface area contributed by atoms with E-state index in [1.807, 2.05) is 0 Å². The van der Waals surface area contributed by atoms with Crippen LogP contribution >= 0.6 is 0 Å². The SMILES string of the molecule is O=Cc1ccc(O[C@H]2O[C@H](CO)[C@@H](OC(=O)C=Cc3ccc(O)cc3)[C@H](O)[C@H]2O)cc1. The minimum absolute atomic E-state index is 0.0819. The van der Waals surface area contributed by atoms with Gasteiger partial charge in [-0.1, -0.05) is 12.1 Å². The van der Waals surface area contributed by atoms with Crippen molar-refractivity contribution in [3.63, 3.8) is 0 Å². The van der Waals surface area contributed by atoms with Gasteiger partial charge in [0.2, 0.25) is 6.29 Å². The molecule has 0 aromatic heterocycles. The molecule has 0 amide bonds. The molecule has 0 unspecified atom stereocenters. The molecule has 0 radical (unpaired) electrons. The molecule has 4 N–H and O–H groups in total. The second-order valence-electron chi connectivity index (χ2n) is 6.84. The predicted octanol–water partition coefficient (Wildman–Crippen LogP) is 0.648. The van der Waals surface area contributed by atoms with Gasteiger partial charge < -0.3 is 34.6 Å². The molecule has 1 saturated heterocycles. The normalized spacial score (nSPS) is 25.8. The van der Waals surface area contributed by atoms with E-state index in [9.17, 15) is 30.0 Å². The zero-order valence-corrected chi connectivity index (χ0v) is 16.3. The molecule has 0 bridgehead atoms. The van der Waals surface area contributed by atoms with Crippen molar-refractivity contribution in [2.75, 3.05) is 6.61 Å². The number of phenols is 1. The lowest BCUT2D eigenvalue weighted by Crippen LogP contribution is -2.61. The third-order valence-corrected chi connectivity index (χ3v) is 4.65. The van der Waals surface area contributed by atoms with Crippen molar-refractivity contribution in [3.8, 4) is 11.5 Å².